The molecule has 0 saturated heterocycles. The van der Waals surface area contributed by atoms with Crippen molar-refractivity contribution in [1.82, 2.24) is 0 Å². The minimum atomic E-state index is -0.515. The fraction of sp³-hybridized carbons (Fsp3) is 0.133. The zero-order valence-corrected chi connectivity index (χ0v) is 11.2. The largest absolute Gasteiger partial charge is 0.494 e. The van der Waals surface area contributed by atoms with E-state index in [2.05, 4.69) is 5.32 Å². The molecule has 0 aliphatic heterocycles. The van der Waals surface area contributed by atoms with Crippen LogP contribution >= 0.6 is 0 Å². The van der Waals surface area contributed by atoms with E-state index in [1.165, 1.54) is 25.3 Å². The second kappa shape index (κ2) is 5.61. The highest BCUT2D eigenvalue weighted by Gasteiger charge is 2.11. The molecule has 0 heterocycles. The van der Waals surface area contributed by atoms with Gasteiger partial charge >= 0.3 is 0 Å². The van der Waals surface area contributed by atoms with Crippen LogP contribution < -0.4 is 15.8 Å². The molecule has 0 bridgehead atoms. The lowest BCUT2D eigenvalue weighted by molar-refractivity contribution is 0.102. The first kappa shape index (κ1) is 13.9. The summed E-state index contributed by atoms with van der Waals surface area (Å²) in [5, 5.41) is 2.68. The van der Waals surface area contributed by atoms with Crippen molar-refractivity contribution in [3.05, 3.63) is 53.3 Å². The molecule has 3 N–H and O–H groups in total. The zero-order chi connectivity index (χ0) is 14.7. The van der Waals surface area contributed by atoms with E-state index in [0.29, 0.717) is 16.9 Å². The maximum absolute atomic E-state index is 13.3. The van der Waals surface area contributed by atoms with E-state index in [1.54, 1.807) is 12.1 Å². The van der Waals surface area contributed by atoms with Gasteiger partial charge in [-0.3, -0.25) is 4.79 Å². The average molecular weight is 274 g/mol. The second-order valence-electron chi connectivity index (χ2n) is 4.39. The Hall–Kier alpha value is -2.56. The van der Waals surface area contributed by atoms with Crippen molar-refractivity contribution < 1.29 is 13.9 Å². The van der Waals surface area contributed by atoms with Gasteiger partial charge in [-0.1, -0.05) is 6.07 Å². The molecular formula is C15H15FN2O2. The molecular weight excluding hydrogens is 259 g/mol. The van der Waals surface area contributed by atoms with Gasteiger partial charge < -0.3 is 15.8 Å². The van der Waals surface area contributed by atoms with E-state index in [1.807, 2.05) is 13.0 Å². The highest BCUT2D eigenvalue weighted by molar-refractivity contribution is 6.06. The molecule has 4 nitrogen and oxygen atoms in total. The Morgan fingerprint density at radius 2 is 2.00 bits per heavy atom. The first-order valence-electron chi connectivity index (χ1n) is 6.02. The minimum Gasteiger partial charge on any atom is -0.494 e. The van der Waals surface area contributed by atoms with Crippen LogP contribution in [0.25, 0.3) is 0 Å². The highest BCUT2D eigenvalue weighted by Crippen LogP contribution is 2.22. The summed E-state index contributed by atoms with van der Waals surface area (Å²) < 4.78 is 18.1. The number of aryl methyl sites for hydroxylation is 1. The molecule has 1 amide bonds. The third-order valence-corrected chi connectivity index (χ3v) is 2.87. The van der Waals surface area contributed by atoms with Crippen LogP contribution in [0.4, 0.5) is 15.8 Å². The van der Waals surface area contributed by atoms with Gasteiger partial charge in [-0.2, -0.15) is 0 Å². The number of methoxy groups -OCH3 is 1. The summed E-state index contributed by atoms with van der Waals surface area (Å²) in [6.07, 6.45) is 0. The van der Waals surface area contributed by atoms with Gasteiger partial charge in [-0.25, -0.2) is 4.39 Å². The number of carbonyl (C=O) groups is 1. The lowest BCUT2D eigenvalue weighted by Crippen LogP contribution is -2.13. The average Bonchev–Trinajstić information content (AvgIpc) is 2.42. The van der Waals surface area contributed by atoms with Crippen LogP contribution in [-0.2, 0) is 0 Å². The molecule has 0 fully saturated rings. The standard InChI is InChI=1S/C15H15FN2O2/c1-9-3-6-13(12(17)7-9)18-15(19)10-4-5-11(16)14(8-10)20-2/h3-8H,17H2,1-2H3,(H,18,19). The Bertz CT molecular complexity index is 656. The van der Waals surface area contributed by atoms with Crippen LogP contribution in [-0.4, -0.2) is 13.0 Å². The van der Waals surface area contributed by atoms with Crippen molar-refractivity contribution >= 4 is 17.3 Å². The maximum Gasteiger partial charge on any atom is 0.255 e. The van der Waals surface area contributed by atoms with Crippen LogP contribution in [0.5, 0.6) is 5.75 Å². The number of hydrogen-bond donors (Lipinski definition) is 2. The van der Waals surface area contributed by atoms with E-state index < -0.39 is 5.82 Å². The Morgan fingerprint density at radius 3 is 2.65 bits per heavy atom. The normalized spacial score (nSPS) is 10.2. The summed E-state index contributed by atoms with van der Waals surface area (Å²) in [4.78, 5) is 12.1. The summed E-state index contributed by atoms with van der Waals surface area (Å²) in [5.41, 5.74) is 8.12. The molecule has 2 aromatic rings. The van der Waals surface area contributed by atoms with Crippen molar-refractivity contribution in [3.63, 3.8) is 0 Å². The molecule has 0 aliphatic carbocycles. The first-order valence-corrected chi connectivity index (χ1v) is 6.02. The van der Waals surface area contributed by atoms with Crippen LogP contribution in [0, 0.1) is 12.7 Å². The summed E-state index contributed by atoms with van der Waals surface area (Å²) in [7, 11) is 1.35. The molecule has 2 aromatic carbocycles. The Kier molecular flexibility index (Phi) is 3.89. The van der Waals surface area contributed by atoms with Gasteiger partial charge in [0.05, 0.1) is 18.5 Å². The number of anilines is 2. The second-order valence-corrected chi connectivity index (χ2v) is 4.39. The third kappa shape index (κ3) is 2.88. The minimum absolute atomic E-state index is 0.0227. The van der Waals surface area contributed by atoms with E-state index in [-0.39, 0.29) is 11.7 Å². The summed E-state index contributed by atoms with van der Waals surface area (Å²) in [6.45, 7) is 1.91. The van der Waals surface area contributed by atoms with Crippen LogP contribution in [0.15, 0.2) is 36.4 Å². The molecule has 0 unspecified atom stereocenters. The Morgan fingerprint density at radius 1 is 1.25 bits per heavy atom. The summed E-state index contributed by atoms with van der Waals surface area (Å²) >= 11 is 0. The lowest BCUT2D eigenvalue weighted by Gasteiger charge is -2.10. The topological polar surface area (TPSA) is 64.3 Å². The van der Waals surface area contributed by atoms with Crippen molar-refractivity contribution in [2.24, 2.45) is 0 Å². The number of nitrogens with two attached hydrogens (primary N) is 1. The molecule has 0 aromatic heterocycles. The van der Waals surface area contributed by atoms with Crippen LogP contribution in [0.1, 0.15) is 15.9 Å². The van der Waals surface area contributed by atoms with Gasteiger partial charge in [0.25, 0.3) is 5.91 Å². The number of carbonyl (C=O) groups excluding carboxylic acids is 1. The number of nitrogens with one attached hydrogen (secondary N) is 1. The Labute approximate surface area is 116 Å². The predicted octanol–water partition coefficient (Wildman–Crippen LogP) is 2.98. The summed E-state index contributed by atoms with van der Waals surface area (Å²) in [6, 6.07) is 9.25. The SMILES string of the molecule is COc1cc(C(=O)Nc2ccc(C)cc2N)ccc1F. The van der Waals surface area contributed by atoms with Crippen LogP contribution in [0.3, 0.4) is 0 Å². The van der Waals surface area contributed by atoms with Gasteiger partial charge in [-0.15, -0.1) is 0 Å². The van der Waals surface area contributed by atoms with Gasteiger partial charge in [0, 0.05) is 5.56 Å². The van der Waals surface area contributed by atoms with Crippen molar-refractivity contribution in [2.45, 2.75) is 6.92 Å². The quantitative estimate of drug-likeness (QED) is 0.846. The maximum atomic E-state index is 13.3. The fourth-order valence-electron chi connectivity index (χ4n) is 1.79. The number of rotatable bonds is 3. The van der Waals surface area contributed by atoms with Gasteiger partial charge in [0.1, 0.15) is 0 Å². The first-order chi connectivity index (χ1) is 9.51. The zero-order valence-electron chi connectivity index (χ0n) is 11.2. The van der Waals surface area contributed by atoms with Gasteiger partial charge in [-0.05, 0) is 42.8 Å². The number of amides is 1. The number of benzene rings is 2. The lowest BCUT2D eigenvalue weighted by atomic mass is 10.1. The van der Waals surface area contributed by atoms with E-state index in [0.717, 1.165) is 5.56 Å². The highest BCUT2D eigenvalue weighted by atomic mass is 19.1. The Balaban J connectivity index is 2.24. The molecule has 0 spiro atoms. The predicted molar refractivity (Wildman–Crippen MR) is 76.5 cm³/mol. The molecule has 104 valence electrons. The third-order valence-electron chi connectivity index (χ3n) is 2.87. The number of ether oxygens (including phenoxy) is 1. The van der Waals surface area contributed by atoms with Crippen LogP contribution in [0.2, 0.25) is 0 Å². The van der Waals surface area contributed by atoms with Crippen molar-refractivity contribution in [3.8, 4) is 5.75 Å². The molecule has 0 radical (unpaired) electrons. The molecule has 20 heavy (non-hydrogen) atoms. The molecule has 0 atom stereocenters. The smallest absolute Gasteiger partial charge is 0.255 e. The van der Waals surface area contributed by atoms with E-state index in [9.17, 15) is 9.18 Å². The number of halogens is 1. The summed E-state index contributed by atoms with van der Waals surface area (Å²) in [5.74, 6) is -0.868. The fourth-order valence-corrected chi connectivity index (χ4v) is 1.79. The molecule has 0 aliphatic rings. The molecule has 5 heteroatoms. The molecule has 0 saturated carbocycles. The number of nitrogen functional groups attached to an aromatic ring is 1. The van der Waals surface area contributed by atoms with Gasteiger partial charge in [0.2, 0.25) is 0 Å². The van der Waals surface area contributed by atoms with E-state index in [4.69, 9.17) is 10.5 Å². The number of hydrogen-bond acceptors (Lipinski definition) is 3. The monoisotopic (exact) mass is 274 g/mol. The van der Waals surface area contributed by atoms with E-state index >= 15 is 0 Å². The van der Waals surface area contributed by atoms with Gasteiger partial charge in [0.15, 0.2) is 11.6 Å². The van der Waals surface area contributed by atoms with Crippen molar-refractivity contribution in [2.75, 3.05) is 18.2 Å². The molecule has 2 rings (SSSR count). The van der Waals surface area contributed by atoms with Crippen molar-refractivity contribution in [1.29, 1.82) is 0 Å².